The highest BCUT2D eigenvalue weighted by Gasteiger charge is 2.16. The van der Waals surface area contributed by atoms with Crippen molar-refractivity contribution in [2.24, 2.45) is 0 Å². The summed E-state index contributed by atoms with van der Waals surface area (Å²) in [4.78, 5) is 2.24. The molecule has 1 nitrogen and oxygen atoms in total. The normalized spacial score (nSPS) is 15.3. The molecule has 2 rings (SSSR count). The Balaban J connectivity index is 2.15. The Hall–Kier alpha value is -0.490. The number of anilines is 1. The number of nitrogens with zero attached hydrogens (tertiary/aromatic N) is 1. The summed E-state index contributed by atoms with van der Waals surface area (Å²) in [6.07, 6.45) is 6.38. The molecule has 1 aliphatic carbocycles. The van der Waals surface area contributed by atoms with Crippen LogP contribution in [-0.2, 0) is 0 Å². The summed E-state index contributed by atoms with van der Waals surface area (Å²) in [7, 11) is 2.10. The number of allylic oxidation sites excluding steroid dienone is 3. The Morgan fingerprint density at radius 1 is 1.22 bits per heavy atom. The molecular weight excluding hydrogens is 284 g/mol. The molecule has 0 radical (unpaired) electrons. The molecule has 18 heavy (non-hydrogen) atoms. The summed E-state index contributed by atoms with van der Waals surface area (Å²) in [5.41, 5.74) is 2.58. The fraction of sp³-hybridized carbons (Fsp3) is 0.286. The number of likely N-dealkylation sites (N-methyl/N-ethyl adjacent to an activating group) is 1. The first-order valence-corrected chi connectivity index (χ1v) is 9.10. The minimum atomic E-state index is -1.05. The molecule has 1 aromatic rings. The van der Waals surface area contributed by atoms with Crippen LogP contribution in [-0.4, -0.2) is 13.6 Å². The molecule has 0 saturated heterocycles. The number of rotatable bonds is 4. The van der Waals surface area contributed by atoms with Crippen molar-refractivity contribution < 1.29 is 0 Å². The fourth-order valence-electron chi connectivity index (χ4n) is 2.09. The number of benzene rings is 1. The number of hydrogen-bond donors (Lipinski definition) is 0. The lowest BCUT2D eigenvalue weighted by molar-refractivity contribution is 0.870. The highest BCUT2D eigenvalue weighted by molar-refractivity contribution is 8.06. The summed E-state index contributed by atoms with van der Waals surface area (Å²) in [5, 5.41) is 1.13. The molecular formula is C14H16Cl2NP. The number of hydrogen-bond acceptors (Lipinski definition) is 1. The van der Waals surface area contributed by atoms with Crippen molar-refractivity contribution in [1.82, 2.24) is 0 Å². The third-order valence-electron chi connectivity index (χ3n) is 3.06. The van der Waals surface area contributed by atoms with Gasteiger partial charge in [0, 0.05) is 24.6 Å². The Morgan fingerprint density at radius 3 is 2.61 bits per heavy atom. The van der Waals surface area contributed by atoms with E-state index >= 15 is 0 Å². The molecule has 0 fully saturated rings. The van der Waals surface area contributed by atoms with Crippen LogP contribution in [0.4, 0.5) is 5.69 Å². The molecule has 0 aliphatic heterocycles. The maximum atomic E-state index is 6.08. The minimum Gasteiger partial charge on any atom is -0.371 e. The van der Waals surface area contributed by atoms with Gasteiger partial charge in [0.15, 0.2) is 0 Å². The molecule has 0 spiro atoms. The summed E-state index contributed by atoms with van der Waals surface area (Å²) in [6, 6.07) is 10.4. The Morgan fingerprint density at radius 2 is 1.94 bits per heavy atom. The first-order chi connectivity index (χ1) is 8.68. The van der Waals surface area contributed by atoms with Crippen molar-refractivity contribution in [1.29, 1.82) is 0 Å². The quantitative estimate of drug-likeness (QED) is 0.662. The van der Waals surface area contributed by atoms with Gasteiger partial charge in [-0.3, -0.25) is 0 Å². The highest BCUT2D eigenvalue weighted by atomic mass is 35.9. The summed E-state index contributed by atoms with van der Waals surface area (Å²) in [5.74, 6) is 0. The molecule has 4 heteroatoms. The molecule has 0 unspecified atom stereocenters. The standard InChI is InChI=1S/C14H16Cl2NP/c1-17(13-8-3-2-4-9-13)11-12-7-5-6-10-14(12)18(15)16/h2-4,6,8-10H,5,7,11H2,1H3. The zero-order valence-corrected chi connectivity index (χ0v) is 12.7. The van der Waals surface area contributed by atoms with Crippen LogP contribution in [0, 0.1) is 0 Å². The van der Waals surface area contributed by atoms with Gasteiger partial charge in [-0.25, -0.2) is 0 Å². The third-order valence-corrected chi connectivity index (χ3v) is 4.98. The average molecular weight is 300 g/mol. The molecule has 0 saturated carbocycles. The van der Waals surface area contributed by atoms with Crippen molar-refractivity contribution >= 4 is 34.8 Å². The van der Waals surface area contributed by atoms with Gasteiger partial charge in [-0.15, -0.1) is 0 Å². The van der Waals surface area contributed by atoms with E-state index in [4.69, 9.17) is 22.5 Å². The van der Waals surface area contributed by atoms with E-state index in [2.05, 4.69) is 48.4 Å². The van der Waals surface area contributed by atoms with Crippen LogP contribution >= 0.6 is 29.1 Å². The van der Waals surface area contributed by atoms with E-state index in [-0.39, 0.29) is 0 Å². The second kappa shape index (κ2) is 6.61. The van der Waals surface area contributed by atoms with Gasteiger partial charge < -0.3 is 4.90 Å². The summed E-state index contributed by atoms with van der Waals surface area (Å²) in [6.45, 7) is -0.156. The van der Waals surface area contributed by atoms with Gasteiger partial charge in [-0.1, -0.05) is 52.8 Å². The Bertz CT molecular complexity index is 454. The van der Waals surface area contributed by atoms with E-state index in [9.17, 15) is 0 Å². The van der Waals surface area contributed by atoms with Gasteiger partial charge >= 0.3 is 0 Å². The van der Waals surface area contributed by atoms with Gasteiger partial charge in [-0.05, 0) is 30.5 Å². The topological polar surface area (TPSA) is 3.24 Å². The molecule has 0 heterocycles. The van der Waals surface area contributed by atoms with Gasteiger partial charge in [-0.2, -0.15) is 0 Å². The van der Waals surface area contributed by atoms with Crippen LogP contribution in [0.1, 0.15) is 12.8 Å². The molecule has 0 bridgehead atoms. The van der Waals surface area contributed by atoms with E-state index in [0.29, 0.717) is 0 Å². The van der Waals surface area contributed by atoms with E-state index in [1.54, 1.807) is 0 Å². The van der Waals surface area contributed by atoms with Gasteiger partial charge in [0.1, 0.15) is 6.63 Å². The van der Waals surface area contributed by atoms with Crippen molar-refractivity contribution in [2.75, 3.05) is 18.5 Å². The largest absolute Gasteiger partial charge is 0.371 e. The molecule has 1 aliphatic rings. The lowest BCUT2D eigenvalue weighted by atomic mass is 10.0. The van der Waals surface area contributed by atoms with Gasteiger partial charge in [0.05, 0.1) is 0 Å². The van der Waals surface area contributed by atoms with Crippen LogP contribution in [0.5, 0.6) is 0 Å². The van der Waals surface area contributed by atoms with Crippen LogP contribution < -0.4 is 4.90 Å². The Kier molecular flexibility index (Phi) is 5.12. The summed E-state index contributed by atoms with van der Waals surface area (Å²) >= 11 is 12.2. The minimum absolute atomic E-state index is 0.891. The highest BCUT2D eigenvalue weighted by Crippen LogP contribution is 2.57. The average Bonchev–Trinajstić information content (AvgIpc) is 2.40. The molecule has 0 atom stereocenters. The monoisotopic (exact) mass is 299 g/mol. The van der Waals surface area contributed by atoms with Crippen molar-refractivity contribution in [3.8, 4) is 0 Å². The zero-order valence-electron chi connectivity index (χ0n) is 10.3. The van der Waals surface area contributed by atoms with Crippen LogP contribution in [0.3, 0.4) is 0 Å². The van der Waals surface area contributed by atoms with E-state index in [1.807, 2.05) is 6.07 Å². The molecule has 1 aromatic carbocycles. The third kappa shape index (κ3) is 3.51. The van der Waals surface area contributed by atoms with E-state index < -0.39 is 6.63 Å². The first-order valence-electron chi connectivity index (χ1n) is 5.95. The van der Waals surface area contributed by atoms with Crippen molar-refractivity contribution in [2.45, 2.75) is 12.8 Å². The molecule has 0 amide bonds. The molecule has 96 valence electrons. The van der Waals surface area contributed by atoms with Crippen molar-refractivity contribution in [3.63, 3.8) is 0 Å². The smallest absolute Gasteiger partial charge is 0.116 e. The van der Waals surface area contributed by atoms with Crippen molar-refractivity contribution in [3.05, 3.63) is 53.4 Å². The second-order valence-corrected chi connectivity index (χ2v) is 7.85. The van der Waals surface area contributed by atoms with Crippen LogP contribution in [0.15, 0.2) is 53.4 Å². The molecule has 0 N–H and O–H groups in total. The van der Waals surface area contributed by atoms with Crippen LogP contribution in [0.25, 0.3) is 0 Å². The Labute approximate surface area is 119 Å². The maximum absolute atomic E-state index is 6.08. The molecule has 0 aromatic heterocycles. The van der Waals surface area contributed by atoms with E-state index in [0.717, 1.165) is 24.7 Å². The fourth-order valence-corrected chi connectivity index (χ4v) is 3.79. The first kappa shape index (κ1) is 13.9. The van der Waals surface area contributed by atoms with Crippen LogP contribution in [0.2, 0.25) is 0 Å². The second-order valence-electron chi connectivity index (χ2n) is 4.35. The number of halogens is 2. The number of para-hydroxylation sites is 1. The SMILES string of the molecule is CN(CC1=C(P(Cl)Cl)C=CCC1)c1ccccc1. The summed E-state index contributed by atoms with van der Waals surface area (Å²) < 4.78 is 0. The predicted octanol–water partition coefficient (Wildman–Crippen LogP) is 5.52. The van der Waals surface area contributed by atoms with Gasteiger partial charge in [0.2, 0.25) is 0 Å². The predicted molar refractivity (Wildman–Crippen MR) is 83.7 cm³/mol. The zero-order chi connectivity index (χ0) is 13.0. The lowest BCUT2D eigenvalue weighted by Gasteiger charge is -2.24. The van der Waals surface area contributed by atoms with Gasteiger partial charge in [0.25, 0.3) is 0 Å². The maximum Gasteiger partial charge on any atom is 0.116 e. The van der Waals surface area contributed by atoms with E-state index in [1.165, 1.54) is 11.3 Å². The lowest BCUT2D eigenvalue weighted by Crippen LogP contribution is -2.21.